The highest BCUT2D eigenvalue weighted by Gasteiger charge is 2.12. The van der Waals surface area contributed by atoms with Crippen molar-refractivity contribution in [1.29, 1.82) is 0 Å². The Balaban J connectivity index is 2.24. The van der Waals surface area contributed by atoms with Gasteiger partial charge in [0, 0.05) is 12.3 Å². The van der Waals surface area contributed by atoms with Crippen molar-refractivity contribution in [3.63, 3.8) is 0 Å². The molecule has 1 aromatic heterocycles. The zero-order chi connectivity index (χ0) is 15.2. The number of aliphatic carboxylic acids is 1. The van der Waals surface area contributed by atoms with Gasteiger partial charge in [0.05, 0.1) is 17.4 Å². The molecule has 0 saturated carbocycles. The Labute approximate surface area is 119 Å². The van der Waals surface area contributed by atoms with Crippen molar-refractivity contribution in [3.8, 4) is 0 Å². The van der Waals surface area contributed by atoms with E-state index >= 15 is 0 Å². The number of pyridine rings is 1. The Morgan fingerprint density at radius 1 is 1.29 bits per heavy atom. The average Bonchev–Trinajstić information content (AvgIpc) is 2.47. The van der Waals surface area contributed by atoms with Gasteiger partial charge >= 0.3 is 5.97 Å². The van der Waals surface area contributed by atoms with Crippen LogP contribution in [0, 0.1) is 5.82 Å². The van der Waals surface area contributed by atoms with E-state index < -0.39 is 17.7 Å². The van der Waals surface area contributed by atoms with Crippen molar-refractivity contribution in [2.24, 2.45) is 0 Å². The first-order valence-electron chi connectivity index (χ1n) is 5.98. The SMILES string of the molecule is O=C(O)C=Cc1ccc(F)c(C(=O)Nc2cccnc2)c1. The van der Waals surface area contributed by atoms with Crippen LogP contribution in [-0.4, -0.2) is 22.0 Å². The number of benzene rings is 1. The molecule has 0 aliphatic rings. The quantitative estimate of drug-likeness (QED) is 0.847. The first-order valence-corrected chi connectivity index (χ1v) is 5.98. The van der Waals surface area contributed by atoms with E-state index in [1.165, 1.54) is 24.4 Å². The molecule has 5 nitrogen and oxygen atoms in total. The zero-order valence-electron chi connectivity index (χ0n) is 10.8. The number of hydrogen-bond donors (Lipinski definition) is 2. The third-order valence-electron chi connectivity index (χ3n) is 2.57. The monoisotopic (exact) mass is 286 g/mol. The van der Waals surface area contributed by atoms with Crippen molar-refractivity contribution >= 4 is 23.6 Å². The van der Waals surface area contributed by atoms with Crippen molar-refractivity contribution in [2.75, 3.05) is 5.32 Å². The van der Waals surface area contributed by atoms with Gasteiger partial charge in [0.15, 0.2) is 0 Å². The Hall–Kier alpha value is -3.02. The van der Waals surface area contributed by atoms with Crippen LogP contribution in [0.3, 0.4) is 0 Å². The second-order valence-electron chi connectivity index (χ2n) is 4.11. The minimum atomic E-state index is -1.12. The summed E-state index contributed by atoms with van der Waals surface area (Å²) in [6.45, 7) is 0. The summed E-state index contributed by atoms with van der Waals surface area (Å²) in [7, 11) is 0. The molecular weight excluding hydrogens is 275 g/mol. The number of hydrogen-bond acceptors (Lipinski definition) is 3. The van der Waals surface area contributed by atoms with Gasteiger partial charge in [0.25, 0.3) is 5.91 Å². The van der Waals surface area contributed by atoms with Gasteiger partial charge in [-0.15, -0.1) is 0 Å². The van der Waals surface area contributed by atoms with E-state index in [1.54, 1.807) is 18.3 Å². The van der Waals surface area contributed by atoms with Crippen molar-refractivity contribution in [2.45, 2.75) is 0 Å². The maximum Gasteiger partial charge on any atom is 0.328 e. The summed E-state index contributed by atoms with van der Waals surface area (Å²) < 4.78 is 13.7. The van der Waals surface area contributed by atoms with Crippen molar-refractivity contribution < 1.29 is 19.1 Å². The van der Waals surface area contributed by atoms with E-state index in [2.05, 4.69) is 10.3 Å². The highest BCUT2D eigenvalue weighted by Crippen LogP contribution is 2.14. The van der Waals surface area contributed by atoms with Gasteiger partial charge in [-0.05, 0) is 35.9 Å². The number of carboxylic acids is 1. The van der Waals surface area contributed by atoms with E-state index in [9.17, 15) is 14.0 Å². The van der Waals surface area contributed by atoms with Gasteiger partial charge in [0.2, 0.25) is 0 Å². The number of nitrogens with one attached hydrogen (secondary N) is 1. The van der Waals surface area contributed by atoms with Gasteiger partial charge in [-0.1, -0.05) is 6.07 Å². The predicted molar refractivity (Wildman–Crippen MR) is 75.3 cm³/mol. The number of carbonyl (C=O) groups excluding carboxylic acids is 1. The number of anilines is 1. The Morgan fingerprint density at radius 3 is 2.76 bits per heavy atom. The minimum Gasteiger partial charge on any atom is -0.478 e. The first kappa shape index (κ1) is 14.4. The van der Waals surface area contributed by atoms with Crippen molar-refractivity contribution in [1.82, 2.24) is 4.98 Å². The van der Waals surface area contributed by atoms with Gasteiger partial charge in [0.1, 0.15) is 5.82 Å². The number of nitrogens with zero attached hydrogens (tertiary/aromatic N) is 1. The van der Waals surface area contributed by atoms with E-state index in [1.807, 2.05) is 0 Å². The van der Waals surface area contributed by atoms with E-state index in [0.717, 1.165) is 12.1 Å². The van der Waals surface area contributed by atoms with Crippen LogP contribution < -0.4 is 5.32 Å². The third kappa shape index (κ3) is 3.97. The smallest absolute Gasteiger partial charge is 0.328 e. The van der Waals surface area contributed by atoms with Crippen LogP contribution in [0.25, 0.3) is 6.08 Å². The lowest BCUT2D eigenvalue weighted by Gasteiger charge is -2.06. The normalized spacial score (nSPS) is 10.5. The molecule has 0 aliphatic heterocycles. The lowest BCUT2D eigenvalue weighted by molar-refractivity contribution is -0.131. The molecule has 106 valence electrons. The summed E-state index contributed by atoms with van der Waals surface area (Å²) in [6.07, 6.45) is 5.18. The maximum absolute atomic E-state index is 13.7. The Bertz CT molecular complexity index is 699. The molecule has 1 amide bonds. The molecule has 1 heterocycles. The van der Waals surface area contributed by atoms with E-state index in [4.69, 9.17) is 5.11 Å². The second-order valence-corrected chi connectivity index (χ2v) is 4.11. The van der Waals surface area contributed by atoms with Crippen LogP contribution in [0.2, 0.25) is 0 Å². The standard InChI is InChI=1S/C15H11FN2O3/c16-13-5-3-10(4-6-14(19)20)8-12(13)15(21)18-11-2-1-7-17-9-11/h1-9H,(H,18,21)(H,19,20). The summed E-state index contributed by atoms with van der Waals surface area (Å²) in [5, 5.41) is 11.1. The highest BCUT2D eigenvalue weighted by molar-refractivity contribution is 6.04. The van der Waals surface area contributed by atoms with Gasteiger partial charge in [-0.25, -0.2) is 9.18 Å². The molecule has 0 radical (unpaired) electrons. The summed E-state index contributed by atoms with van der Waals surface area (Å²) >= 11 is 0. The fraction of sp³-hybridized carbons (Fsp3) is 0. The summed E-state index contributed by atoms with van der Waals surface area (Å²) in [6, 6.07) is 7.03. The molecule has 2 rings (SSSR count). The number of rotatable bonds is 4. The first-order chi connectivity index (χ1) is 10.1. The summed E-state index contributed by atoms with van der Waals surface area (Å²) in [5.41, 5.74) is 0.676. The van der Waals surface area contributed by atoms with Crippen LogP contribution in [-0.2, 0) is 4.79 Å². The molecule has 1 aromatic carbocycles. The molecular formula is C15H11FN2O3. The third-order valence-corrected chi connectivity index (χ3v) is 2.57. The Kier molecular flexibility index (Phi) is 4.40. The van der Waals surface area contributed by atoms with E-state index in [-0.39, 0.29) is 5.56 Å². The number of halogens is 1. The largest absolute Gasteiger partial charge is 0.478 e. The number of aromatic nitrogens is 1. The highest BCUT2D eigenvalue weighted by atomic mass is 19.1. The molecule has 6 heteroatoms. The summed E-state index contributed by atoms with van der Waals surface area (Å²) in [5.74, 6) is -2.45. The molecule has 0 bridgehead atoms. The Morgan fingerprint density at radius 2 is 2.10 bits per heavy atom. The summed E-state index contributed by atoms with van der Waals surface area (Å²) in [4.78, 5) is 26.3. The number of carbonyl (C=O) groups is 2. The topological polar surface area (TPSA) is 79.3 Å². The molecule has 0 unspecified atom stereocenters. The predicted octanol–water partition coefficient (Wildman–Crippen LogP) is 2.57. The average molecular weight is 286 g/mol. The van der Waals surface area contributed by atoms with Crippen LogP contribution in [0.5, 0.6) is 0 Å². The van der Waals surface area contributed by atoms with Crippen LogP contribution in [0.4, 0.5) is 10.1 Å². The van der Waals surface area contributed by atoms with Crippen molar-refractivity contribution in [3.05, 3.63) is 65.7 Å². The molecule has 2 aromatic rings. The fourth-order valence-corrected chi connectivity index (χ4v) is 1.62. The van der Waals surface area contributed by atoms with Crippen LogP contribution >= 0.6 is 0 Å². The van der Waals surface area contributed by atoms with E-state index in [0.29, 0.717) is 11.3 Å². The van der Waals surface area contributed by atoms with Crippen LogP contribution in [0.1, 0.15) is 15.9 Å². The molecule has 0 atom stereocenters. The molecule has 0 saturated heterocycles. The minimum absolute atomic E-state index is 0.175. The van der Waals surface area contributed by atoms with Crippen LogP contribution in [0.15, 0.2) is 48.8 Å². The zero-order valence-corrected chi connectivity index (χ0v) is 10.8. The molecule has 21 heavy (non-hydrogen) atoms. The second kappa shape index (κ2) is 6.42. The fourth-order valence-electron chi connectivity index (χ4n) is 1.62. The number of carboxylic acid groups (broad SMARTS) is 1. The van der Waals surface area contributed by atoms with Gasteiger partial charge in [-0.2, -0.15) is 0 Å². The molecule has 0 fully saturated rings. The lowest BCUT2D eigenvalue weighted by atomic mass is 10.1. The lowest BCUT2D eigenvalue weighted by Crippen LogP contribution is -2.14. The molecule has 0 aliphatic carbocycles. The molecule has 0 spiro atoms. The van der Waals surface area contributed by atoms with Gasteiger partial charge in [-0.3, -0.25) is 9.78 Å². The molecule has 2 N–H and O–H groups in total. The number of amides is 1. The van der Waals surface area contributed by atoms with Gasteiger partial charge < -0.3 is 10.4 Å². The maximum atomic E-state index is 13.7.